The molecule has 200 valence electrons. The number of ether oxygens (including phenoxy) is 1. The van der Waals surface area contributed by atoms with Crippen molar-refractivity contribution in [3.05, 3.63) is 30.1 Å². The number of fused-ring (bicyclic) bond motifs is 1. The summed E-state index contributed by atoms with van der Waals surface area (Å²) < 4.78 is 95.1. The van der Waals surface area contributed by atoms with Gasteiger partial charge >= 0.3 is 24.3 Å². The van der Waals surface area contributed by atoms with Crippen LogP contribution in [0.4, 0.5) is 26.3 Å². The number of nitrogens with one attached hydrogen (secondary N) is 1. The van der Waals surface area contributed by atoms with Gasteiger partial charge in [0.05, 0.1) is 18.4 Å². The van der Waals surface area contributed by atoms with Crippen LogP contribution in [0.1, 0.15) is 18.4 Å². The molecule has 0 unspecified atom stereocenters. The van der Waals surface area contributed by atoms with Gasteiger partial charge in [-0.05, 0) is 30.5 Å². The van der Waals surface area contributed by atoms with Gasteiger partial charge in [0.25, 0.3) is 0 Å². The highest BCUT2D eigenvalue weighted by molar-refractivity contribution is 7.88. The highest BCUT2D eigenvalue weighted by Crippen LogP contribution is 2.30. The van der Waals surface area contributed by atoms with Crippen LogP contribution in [0.3, 0.4) is 0 Å². The van der Waals surface area contributed by atoms with E-state index in [4.69, 9.17) is 24.5 Å². The monoisotopic (exact) mass is 539 g/mol. The minimum absolute atomic E-state index is 0.0460. The van der Waals surface area contributed by atoms with Crippen LogP contribution in [0.5, 0.6) is 0 Å². The van der Waals surface area contributed by atoms with E-state index in [2.05, 4.69) is 14.6 Å². The molecule has 2 saturated heterocycles. The summed E-state index contributed by atoms with van der Waals surface area (Å²) in [4.78, 5) is 24.1. The van der Waals surface area contributed by atoms with E-state index >= 15 is 0 Å². The average Bonchev–Trinajstić information content (AvgIpc) is 3.04. The van der Waals surface area contributed by atoms with Crippen molar-refractivity contribution in [2.24, 2.45) is 0 Å². The molecular weight excluding hydrogens is 516 g/mol. The fourth-order valence-electron chi connectivity index (χ4n) is 3.34. The van der Waals surface area contributed by atoms with Gasteiger partial charge in [0, 0.05) is 38.1 Å². The zero-order valence-corrected chi connectivity index (χ0v) is 18.9. The quantitative estimate of drug-likeness (QED) is 0.486. The van der Waals surface area contributed by atoms with Gasteiger partial charge in [0.1, 0.15) is 0 Å². The Bertz CT molecular complexity index is 920. The largest absolute Gasteiger partial charge is 0.490 e. The normalized spacial score (nSPS) is 22.7. The van der Waals surface area contributed by atoms with Crippen molar-refractivity contribution in [3.63, 3.8) is 0 Å². The van der Waals surface area contributed by atoms with Crippen LogP contribution < -0.4 is 4.72 Å². The third-order valence-electron chi connectivity index (χ3n) is 4.62. The lowest BCUT2D eigenvalue weighted by atomic mass is 10.0. The molecule has 3 N–H and O–H groups in total. The lowest BCUT2D eigenvalue weighted by molar-refractivity contribution is -0.193. The van der Waals surface area contributed by atoms with Crippen LogP contribution in [-0.2, 0) is 30.9 Å². The number of sulfonamides is 1. The molecule has 0 amide bonds. The molecule has 2 aliphatic heterocycles. The molecule has 17 heteroatoms. The Kier molecular flexibility index (Phi) is 10.9. The number of carboxylic acid groups (broad SMARTS) is 2. The fraction of sp³-hybridized carbons (Fsp3) is 0.611. The highest BCUT2D eigenvalue weighted by Gasteiger charge is 2.44. The first-order valence-electron chi connectivity index (χ1n) is 9.74. The van der Waals surface area contributed by atoms with E-state index in [9.17, 15) is 34.8 Å². The molecule has 1 aromatic heterocycles. The van der Waals surface area contributed by atoms with Crippen LogP contribution in [0, 0.1) is 0 Å². The number of hydrogen-bond acceptors (Lipinski definition) is 7. The minimum atomic E-state index is -5.08. The van der Waals surface area contributed by atoms with Gasteiger partial charge in [-0.1, -0.05) is 0 Å². The molecule has 0 saturated carbocycles. The van der Waals surface area contributed by atoms with Crippen molar-refractivity contribution in [1.82, 2.24) is 14.6 Å². The molecule has 2 aliphatic rings. The molecule has 0 spiro atoms. The number of carbonyl (C=O) groups is 2. The lowest BCUT2D eigenvalue weighted by Gasteiger charge is -2.32. The first-order chi connectivity index (χ1) is 15.9. The number of nitrogens with zero attached hydrogens (tertiary/aromatic N) is 2. The van der Waals surface area contributed by atoms with Crippen molar-refractivity contribution in [3.8, 4) is 0 Å². The van der Waals surface area contributed by atoms with Gasteiger partial charge in [0.15, 0.2) is 0 Å². The Balaban J connectivity index is 0.000000362. The summed E-state index contributed by atoms with van der Waals surface area (Å²) >= 11 is 0. The molecule has 2 fully saturated rings. The lowest BCUT2D eigenvalue weighted by Crippen LogP contribution is -2.47. The van der Waals surface area contributed by atoms with E-state index in [-0.39, 0.29) is 18.2 Å². The smallest absolute Gasteiger partial charge is 0.475 e. The number of aliphatic carboxylic acids is 2. The molecule has 0 aromatic carbocycles. The molecule has 10 nitrogen and oxygen atoms in total. The van der Waals surface area contributed by atoms with Gasteiger partial charge in [-0.2, -0.15) is 26.3 Å². The first kappa shape index (κ1) is 30.5. The van der Waals surface area contributed by atoms with Crippen LogP contribution in [0.2, 0.25) is 0 Å². The van der Waals surface area contributed by atoms with Crippen molar-refractivity contribution in [2.45, 2.75) is 49.9 Å². The van der Waals surface area contributed by atoms with Gasteiger partial charge in [-0.3, -0.25) is 9.88 Å². The van der Waals surface area contributed by atoms with Crippen LogP contribution in [0.15, 0.2) is 24.5 Å². The van der Waals surface area contributed by atoms with E-state index in [0.29, 0.717) is 13.2 Å². The molecule has 3 rings (SSSR count). The molecule has 35 heavy (non-hydrogen) atoms. The minimum Gasteiger partial charge on any atom is -0.475 e. The number of alkyl halides is 6. The van der Waals surface area contributed by atoms with Gasteiger partial charge in [-0.25, -0.2) is 22.7 Å². The molecule has 3 heterocycles. The Labute approximate surface area is 195 Å². The van der Waals surface area contributed by atoms with E-state index < -0.39 is 34.3 Å². The predicted octanol–water partition coefficient (Wildman–Crippen LogP) is 1.63. The van der Waals surface area contributed by atoms with E-state index in [1.807, 2.05) is 12.1 Å². The van der Waals surface area contributed by atoms with Crippen molar-refractivity contribution < 1.29 is 59.3 Å². The number of hydrogen-bond donors (Lipinski definition) is 3. The SMILES string of the molecule is CS(=O)(=O)N[C@H]1CN(Cc2ccncc2)[C@@H]2CCCO[C@H]12.O=C(O)C(F)(F)F.O=C(O)C(F)(F)F. The van der Waals surface area contributed by atoms with Gasteiger partial charge < -0.3 is 14.9 Å². The summed E-state index contributed by atoms with van der Waals surface area (Å²) in [5.74, 6) is -5.51. The Hall–Kier alpha value is -2.50. The topological polar surface area (TPSA) is 146 Å². The number of likely N-dealkylation sites (tertiary alicyclic amines) is 1. The van der Waals surface area contributed by atoms with Crippen molar-refractivity contribution in [1.29, 1.82) is 0 Å². The fourth-order valence-corrected chi connectivity index (χ4v) is 4.10. The van der Waals surface area contributed by atoms with Crippen LogP contribution >= 0.6 is 0 Å². The number of halogens is 6. The average molecular weight is 539 g/mol. The van der Waals surface area contributed by atoms with Crippen LogP contribution in [0.25, 0.3) is 0 Å². The number of pyridine rings is 1. The van der Waals surface area contributed by atoms with Crippen molar-refractivity contribution in [2.75, 3.05) is 19.4 Å². The third kappa shape index (κ3) is 11.2. The molecular formula is C18H23F6N3O7S. The zero-order chi connectivity index (χ0) is 27.0. The number of rotatable bonds is 4. The number of aromatic nitrogens is 1. The van der Waals surface area contributed by atoms with E-state index in [0.717, 1.165) is 19.4 Å². The molecule has 1 aromatic rings. The van der Waals surface area contributed by atoms with Gasteiger partial charge in [0.2, 0.25) is 10.0 Å². The third-order valence-corrected chi connectivity index (χ3v) is 5.35. The summed E-state index contributed by atoms with van der Waals surface area (Å²) in [6, 6.07) is 4.12. The Morgan fingerprint density at radius 1 is 1.11 bits per heavy atom. The standard InChI is InChI=1S/C14H21N3O3S.2C2HF3O2/c1-21(18,19)16-12-10-17(9-11-4-6-15-7-5-11)13-3-2-8-20-14(12)13;2*3-2(4,5)1(6)7/h4-7,12-14,16H,2-3,8-10H2,1H3;2*(H,6,7)/t12-,13+,14+;;/m0../s1. The second-order valence-corrected chi connectivity index (χ2v) is 9.21. The predicted molar refractivity (Wildman–Crippen MR) is 107 cm³/mol. The van der Waals surface area contributed by atoms with Gasteiger partial charge in [-0.15, -0.1) is 0 Å². The second-order valence-electron chi connectivity index (χ2n) is 7.43. The van der Waals surface area contributed by atoms with Crippen LogP contribution in [-0.4, -0.2) is 90.4 Å². The zero-order valence-electron chi connectivity index (χ0n) is 18.1. The molecule has 0 aliphatic carbocycles. The van der Waals surface area contributed by atoms with Crippen molar-refractivity contribution >= 4 is 22.0 Å². The Morgan fingerprint density at radius 3 is 2.03 bits per heavy atom. The molecule has 0 radical (unpaired) electrons. The first-order valence-corrected chi connectivity index (χ1v) is 11.6. The van der Waals surface area contributed by atoms with E-state index in [1.165, 1.54) is 11.8 Å². The summed E-state index contributed by atoms with van der Waals surface area (Å²) in [7, 11) is -3.22. The maximum atomic E-state index is 11.5. The summed E-state index contributed by atoms with van der Waals surface area (Å²) in [6.45, 7) is 2.20. The number of carboxylic acids is 2. The molecule has 0 bridgehead atoms. The highest BCUT2D eigenvalue weighted by atomic mass is 32.2. The Morgan fingerprint density at radius 2 is 1.60 bits per heavy atom. The van der Waals surface area contributed by atoms with E-state index in [1.54, 1.807) is 12.4 Å². The second kappa shape index (κ2) is 12.5. The summed E-state index contributed by atoms with van der Waals surface area (Å²) in [6.07, 6.45) is -3.36. The molecule has 3 atom stereocenters. The summed E-state index contributed by atoms with van der Waals surface area (Å²) in [5.41, 5.74) is 1.19. The summed E-state index contributed by atoms with van der Waals surface area (Å²) in [5, 5.41) is 14.2. The maximum absolute atomic E-state index is 11.5. The maximum Gasteiger partial charge on any atom is 0.490 e.